The first-order chi connectivity index (χ1) is 30.4. The summed E-state index contributed by atoms with van der Waals surface area (Å²) in [6, 6.07) is 7.59. The minimum Gasteiger partial charge on any atom is -0.504 e. The normalized spacial score (nSPS) is 39.5. The van der Waals surface area contributed by atoms with Gasteiger partial charge < -0.3 is 114 Å². The predicted octanol–water partition coefficient (Wildman–Crippen LogP) is -4.73. The Bertz CT molecular complexity index is 1870. The van der Waals surface area contributed by atoms with E-state index in [2.05, 4.69) is 0 Å². The molecule has 0 radical (unpaired) electrons. The van der Waals surface area contributed by atoms with Gasteiger partial charge in [-0.2, -0.15) is 0 Å². The van der Waals surface area contributed by atoms with Crippen molar-refractivity contribution in [1.29, 1.82) is 0 Å². The van der Waals surface area contributed by atoms with Crippen molar-refractivity contribution >= 4 is 12.0 Å². The molecule has 4 fully saturated rings. The molecule has 0 bridgehead atoms. The molecule has 4 aliphatic heterocycles. The number of benzene rings is 2. The lowest BCUT2D eigenvalue weighted by Crippen LogP contribution is -2.68. The van der Waals surface area contributed by atoms with Gasteiger partial charge in [0.2, 0.25) is 0 Å². The molecule has 4 saturated heterocycles. The van der Waals surface area contributed by atoms with Crippen molar-refractivity contribution in [2.75, 3.05) is 26.4 Å². The molecule has 4 aliphatic rings. The highest BCUT2D eigenvalue weighted by Gasteiger charge is 2.57. The van der Waals surface area contributed by atoms with Gasteiger partial charge in [-0.1, -0.05) is 12.1 Å². The second-order valence-corrected chi connectivity index (χ2v) is 15.6. The number of hydrogen-bond donors (Lipinski definition) is 14. The fraction of sp³-hybridized carbons (Fsp3) is 0.625. The van der Waals surface area contributed by atoms with E-state index in [0.29, 0.717) is 5.56 Å². The highest BCUT2D eigenvalue weighted by Crippen LogP contribution is 2.37. The summed E-state index contributed by atoms with van der Waals surface area (Å²) in [5, 5.41) is 146. The van der Waals surface area contributed by atoms with E-state index in [0.717, 1.165) is 18.2 Å². The molecule has 24 nitrogen and oxygen atoms in total. The van der Waals surface area contributed by atoms with Gasteiger partial charge in [0.25, 0.3) is 0 Å². The number of aliphatic hydroxyl groups is 10. The van der Waals surface area contributed by atoms with Crippen LogP contribution in [0.4, 0.5) is 0 Å². The lowest BCUT2D eigenvalue weighted by molar-refractivity contribution is -0.400. The van der Waals surface area contributed by atoms with E-state index in [1.807, 2.05) is 0 Å². The van der Waals surface area contributed by atoms with Crippen LogP contribution in [0.15, 0.2) is 42.5 Å². The summed E-state index contributed by atoms with van der Waals surface area (Å²) in [6.07, 6.45) is -31.6. The minimum absolute atomic E-state index is 0.0271. The molecular weight excluding hydrogens is 864 g/mol. The van der Waals surface area contributed by atoms with Crippen LogP contribution in [-0.2, 0) is 53.8 Å². The van der Waals surface area contributed by atoms with Gasteiger partial charge in [-0.3, -0.25) is 0 Å². The molecule has 0 saturated carbocycles. The summed E-state index contributed by atoms with van der Waals surface area (Å²) in [7, 11) is 0. The number of phenolic OH excluding ortho intramolecular Hbond substituents is 4. The fourth-order valence-corrected chi connectivity index (χ4v) is 7.40. The molecule has 0 amide bonds. The lowest BCUT2D eigenvalue weighted by atomic mass is 9.95. The van der Waals surface area contributed by atoms with E-state index in [1.165, 1.54) is 37.3 Å². The van der Waals surface area contributed by atoms with E-state index in [9.17, 15) is 76.3 Å². The van der Waals surface area contributed by atoms with Gasteiger partial charge >= 0.3 is 5.97 Å². The van der Waals surface area contributed by atoms with Crippen LogP contribution in [0.3, 0.4) is 0 Å². The number of aromatic hydroxyl groups is 4. The average molecular weight is 919 g/mol. The highest BCUT2D eigenvalue weighted by atomic mass is 16.8. The van der Waals surface area contributed by atoms with E-state index in [1.54, 1.807) is 0 Å². The van der Waals surface area contributed by atoms with Gasteiger partial charge in [-0.25, -0.2) is 4.79 Å². The number of carbonyl (C=O) groups is 1. The molecule has 6 rings (SSSR count). The fourth-order valence-electron chi connectivity index (χ4n) is 7.40. The molecule has 19 atom stereocenters. The first-order valence-electron chi connectivity index (χ1n) is 20.2. The Morgan fingerprint density at radius 2 is 1.25 bits per heavy atom. The van der Waals surface area contributed by atoms with Gasteiger partial charge in [0.15, 0.2) is 54.3 Å². The van der Waals surface area contributed by atoms with Gasteiger partial charge in [-0.15, -0.1) is 0 Å². The van der Waals surface area contributed by atoms with Gasteiger partial charge in [0.1, 0.15) is 79.4 Å². The van der Waals surface area contributed by atoms with Gasteiger partial charge in [0.05, 0.1) is 32.5 Å². The molecule has 14 N–H and O–H groups in total. The zero-order valence-corrected chi connectivity index (χ0v) is 34.0. The van der Waals surface area contributed by atoms with Crippen molar-refractivity contribution in [3.63, 3.8) is 0 Å². The molecule has 0 aromatic heterocycles. The Balaban J connectivity index is 1.39. The number of hydrogen-bond acceptors (Lipinski definition) is 24. The molecule has 358 valence electrons. The largest absolute Gasteiger partial charge is 0.504 e. The Morgan fingerprint density at radius 3 is 1.92 bits per heavy atom. The Kier molecular flexibility index (Phi) is 16.7. The number of esters is 1. The van der Waals surface area contributed by atoms with Crippen molar-refractivity contribution in [3.05, 3.63) is 53.6 Å². The summed E-state index contributed by atoms with van der Waals surface area (Å²) in [6.45, 7) is -1.29. The smallest absolute Gasteiger partial charge is 0.331 e. The van der Waals surface area contributed by atoms with E-state index in [-0.39, 0.29) is 18.6 Å². The van der Waals surface area contributed by atoms with E-state index in [4.69, 9.17) is 42.6 Å². The van der Waals surface area contributed by atoms with Crippen molar-refractivity contribution in [2.45, 2.75) is 130 Å². The standard InChI is InChI=1S/C40H54O24/c1-15-26(49)30(53)34(62-37-31(54)27(50)22(47)14-57-37)40(58-15)63-35-33(61-25(48)7-4-16-2-5-18(43)20(45)10-16)24(13-42)60-39(56-9-8-17-3-6-19(44)21(46)11-17)36(35)64-38-32(55)29(52)28(51)23(12-41)59-38/h2-7,10-11,15,22-24,26-47,49-55H,8-9,12-14H2,1H3/b7-4+/t15-,22-,23+,24+,26-,27-,28+,29-,30+,31+,32+,33+,34+,35-,36+,37-,38-,39+,40-/m0/s1. The summed E-state index contributed by atoms with van der Waals surface area (Å²) in [5.41, 5.74) is 0.672. The molecule has 24 heteroatoms. The van der Waals surface area contributed by atoms with Crippen LogP contribution in [0, 0.1) is 0 Å². The maximum atomic E-state index is 13.6. The van der Waals surface area contributed by atoms with Crippen LogP contribution in [0.2, 0.25) is 0 Å². The first-order valence-corrected chi connectivity index (χ1v) is 20.2. The van der Waals surface area contributed by atoms with E-state index < -0.39 is 166 Å². The van der Waals surface area contributed by atoms with Gasteiger partial charge in [0, 0.05) is 6.08 Å². The Hall–Kier alpha value is -3.87. The molecule has 64 heavy (non-hydrogen) atoms. The Morgan fingerprint density at radius 1 is 0.625 bits per heavy atom. The molecular formula is C40H54O24. The third-order valence-corrected chi connectivity index (χ3v) is 11.1. The molecule has 4 heterocycles. The van der Waals surface area contributed by atoms with Crippen LogP contribution < -0.4 is 0 Å². The maximum Gasteiger partial charge on any atom is 0.331 e. The zero-order chi connectivity index (χ0) is 46.6. The van der Waals surface area contributed by atoms with Crippen molar-refractivity contribution < 1.29 is 119 Å². The second kappa shape index (κ2) is 21.6. The van der Waals surface area contributed by atoms with Crippen molar-refractivity contribution in [2.24, 2.45) is 0 Å². The monoisotopic (exact) mass is 918 g/mol. The molecule has 0 unspecified atom stereocenters. The first kappa shape index (κ1) is 49.6. The minimum atomic E-state index is -2.05. The van der Waals surface area contributed by atoms with Crippen LogP contribution in [-0.4, -0.2) is 221 Å². The second-order valence-electron chi connectivity index (χ2n) is 15.6. The zero-order valence-electron chi connectivity index (χ0n) is 34.0. The lowest BCUT2D eigenvalue weighted by Gasteiger charge is -2.50. The molecule has 0 spiro atoms. The number of carbonyl (C=O) groups excluding carboxylic acids is 1. The Labute approximate surface area is 363 Å². The predicted molar refractivity (Wildman–Crippen MR) is 206 cm³/mol. The van der Waals surface area contributed by atoms with Crippen LogP contribution in [0.5, 0.6) is 23.0 Å². The third-order valence-electron chi connectivity index (χ3n) is 11.1. The van der Waals surface area contributed by atoms with Crippen LogP contribution in [0.1, 0.15) is 18.1 Å². The highest BCUT2D eigenvalue weighted by molar-refractivity contribution is 5.87. The summed E-state index contributed by atoms with van der Waals surface area (Å²) >= 11 is 0. The average Bonchev–Trinajstić information content (AvgIpc) is 3.27. The summed E-state index contributed by atoms with van der Waals surface area (Å²) < 4.78 is 53.3. The summed E-state index contributed by atoms with van der Waals surface area (Å²) in [5.74, 6) is -2.92. The molecule has 0 aliphatic carbocycles. The number of rotatable bonds is 15. The van der Waals surface area contributed by atoms with Gasteiger partial charge in [-0.05, 0) is 54.8 Å². The number of phenols is 4. The van der Waals surface area contributed by atoms with Crippen molar-refractivity contribution in [1.82, 2.24) is 0 Å². The van der Waals surface area contributed by atoms with Crippen molar-refractivity contribution in [3.8, 4) is 23.0 Å². The number of ether oxygens (including phenoxy) is 9. The topological polar surface area (TPSA) is 383 Å². The maximum absolute atomic E-state index is 13.6. The quantitative estimate of drug-likeness (QED) is 0.0453. The molecule has 2 aromatic carbocycles. The SMILES string of the molecule is C[C@@H]1O[C@@H](O[C@@H]2[C@@H](O[C@@H]3O[C@H](CO)[C@@H](O)[C@H](O)[C@H]3O)[C@H](OCCc3ccc(O)c(O)c3)O[C@H](CO)[C@H]2OC(=O)/C=C/c2ccc(O)c(O)c2)[C@H](O[C@@H]2OC[C@H](O)[C@H](O)[C@H]2O)[C@H](O)[C@H]1O. The van der Waals surface area contributed by atoms with E-state index >= 15 is 0 Å². The van der Waals surface area contributed by atoms with Crippen LogP contribution in [0.25, 0.3) is 6.08 Å². The third kappa shape index (κ3) is 11.2. The molecule has 2 aromatic rings. The van der Waals surface area contributed by atoms with Crippen LogP contribution >= 0.6 is 0 Å². The number of aliphatic hydroxyl groups excluding tert-OH is 10. The summed E-state index contributed by atoms with van der Waals surface area (Å²) in [4.78, 5) is 13.6.